The Balaban J connectivity index is 3.08. The minimum Gasteiger partial charge on any atom is -0.396 e. The van der Waals surface area contributed by atoms with E-state index >= 15 is 0 Å². The average molecular weight is 175 g/mol. The van der Waals surface area contributed by atoms with Gasteiger partial charge >= 0.3 is 0 Å². The second-order valence-corrected chi connectivity index (χ2v) is 3.52. The normalized spacial score (nSPS) is 13.8. The molecule has 1 unspecified atom stereocenters. The molecule has 0 rings (SSSR count). The Bertz CT molecular complexity index is 96.5. The number of hydrogen-bond donors (Lipinski definition) is 3. The van der Waals surface area contributed by atoms with Crippen molar-refractivity contribution in [2.45, 2.75) is 39.3 Å². The fraction of sp³-hybridized carbons (Fsp3) is 1.00. The van der Waals surface area contributed by atoms with Gasteiger partial charge in [0.2, 0.25) is 0 Å². The molecule has 3 nitrogen and oxygen atoms in total. The SMILES string of the molecule is CC(C)CCCNC(O)CCO. The molecule has 0 aliphatic carbocycles. The van der Waals surface area contributed by atoms with Gasteiger partial charge in [-0.1, -0.05) is 13.8 Å². The average Bonchev–Trinajstić information content (AvgIpc) is 1.98. The summed E-state index contributed by atoms with van der Waals surface area (Å²) in [5.41, 5.74) is 0. The van der Waals surface area contributed by atoms with Gasteiger partial charge in [0, 0.05) is 13.0 Å². The maximum atomic E-state index is 9.14. The Morgan fingerprint density at radius 2 is 1.92 bits per heavy atom. The monoisotopic (exact) mass is 175 g/mol. The molecular formula is C9H21NO2. The van der Waals surface area contributed by atoms with Crippen molar-refractivity contribution in [2.24, 2.45) is 5.92 Å². The summed E-state index contributed by atoms with van der Waals surface area (Å²) in [7, 11) is 0. The first kappa shape index (κ1) is 11.9. The molecule has 0 aliphatic rings. The zero-order valence-electron chi connectivity index (χ0n) is 8.08. The number of aliphatic hydroxyl groups excluding tert-OH is 2. The fourth-order valence-electron chi connectivity index (χ4n) is 1.00. The van der Waals surface area contributed by atoms with Gasteiger partial charge in [-0.3, -0.25) is 5.32 Å². The lowest BCUT2D eigenvalue weighted by Crippen LogP contribution is -2.30. The van der Waals surface area contributed by atoms with Crippen LogP contribution in [0.4, 0.5) is 0 Å². The predicted molar refractivity (Wildman–Crippen MR) is 49.8 cm³/mol. The largest absolute Gasteiger partial charge is 0.396 e. The molecule has 0 saturated heterocycles. The Hall–Kier alpha value is -0.120. The molecule has 0 bridgehead atoms. The highest BCUT2D eigenvalue weighted by molar-refractivity contribution is 4.54. The van der Waals surface area contributed by atoms with Crippen molar-refractivity contribution in [3.8, 4) is 0 Å². The van der Waals surface area contributed by atoms with Crippen LogP contribution in [0, 0.1) is 5.92 Å². The van der Waals surface area contributed by atoms with Gasteiger partial charge in [-0.25, -0.2) is 0 Å². The molecule has 74 valence electrons. The summed E-state index contributed by atoms with van der Waals surface area (Å²) in [6, 6.07) is 0. The van der Waals surface area contributed by atoms with Gasteiger partial charge in [0.1, 0.15) is 6.23 Å². The topological polar surface area (TPSA) is 52.5 Å². The molecule has 3 heteroatoms. The highest BCUT2D eigenvalue weighted by atomic mass is 16.3. The smallest absolute Gasteiger partial charge is 0.107 e. The first-order valence-corrected chi connectivity index (χ1v) is 4.69. The molecule has 1 atom stereocenters. The van der Waals surface area contributed by atoms with Gasteiger partial charge in [0.05, 0.1) is 0 Å². The summed E-state index contributed by atoms with van der Waals surface area (Å²) in [4.78, 5) is 0. The standard InChI is InChI=1S/C9H21NO2/c1-8(2)4-3-6-10-9(12)5-7-11/h8-12H,3-7H2,1-2H3. The van der Waals surface area contributed by atoms with E-state index in [4.69, 9.17) is 10.2 Å². The maximum Gasteiger partial charge on any atom is 0.107 e. The van der Waals surface area contributed by atoms with Gasteiger partial charge < -0.3 is 10.2 Å². The van der Waals surface area contributed by atoms with E-state index < -0.39 is 6.23 Å². The third kappa shape index (κ3) is 7.98. The second-order valence-electron chi connectivity index (χ2n) is 3.52. The summed E-state index contributed by atoms with van der Waals surface area (Å²) >= 11 is 0. The molecule has 0 heterocycles. The summed E-state index contributed by atoms with van der Waals surface area (Å²) in [6.45, 7) is 5.24. The minimum absolute atomic E-state index is 0.0400. The summed E-state index contributed by atoms with van der Waals surface area (Å²) in [5.74, 6) is 0.724. The van der Waals surface area contributed by atoms with E-state index in [1.54, 1.807) is 0 Å². The Labute approximate surface area is 74.8 Å². The number of aliphatic hydroxyl groups is 2. The quantitative estimate of drug-likeness (QED) is 0.394. The van der Waals surface area contributed by atoms with Gasteiger partial charge in [-0.15, -0.1) is 0 Å². The highest BCUT2D eigenvalue weighted by Crippen LogP contribution is 2.01. The van der Waals surface area contributed by atoms with Gasteiger partial charge in [-0.2, -0.15) is 0 Å². The summed E-state index contributed by atoms with van der Waals surface area (Å²) in [5, 5.41) is 20.6. The predicted octanol–water partition coefficient (Wildman–Crippen LogP) is 0.713. The molecule has 3 N–H and O–H groups in total. The molecular weight excluding hydrogens is 154 g/mol. The van der Waals surface area contributed by atoms with E-state index in [-0.39, 0.29) is 6.61 Å². The van der Waals surface area contributed by atoms with Crippen LogP contribution in [-0.4, -0.2) is 29.6 Å². The number of rotatable bonds is 7. The lowest BCUT2D eigenvalue weighted by molar-refractivity contribution is 0.102. The first-order chi connectivity index (χ1) is 5.66. The van der Waals surface area contributed by atoms with Crippen molar-refractivity contribution >= 4 is 0 Å². The van der Waals surface area contributed by atoms with Crippen molar-refractivity contribution in [1.82, 2.24) is 5.32 Å². The van der Waals surface area contributed by atoms with Crippen molar-refractivity contribution in [3.05, 3.63) is 0 Å². The van der Waals surface area contributed by atoms with E-state index in [2.05, 4.69) is 19.2 Å². The van der Waals surface area contributed by atoms with Crippen LogP contribution >= 0.6 is 0 Å². The van der Waals surface area contributed by atoms with Crippen LogP contribution in [0.5, 0.6) is 0 Å². The van der Waals surface area contributed by atoms with Crippen molar-refractivity contribution in [2.75, 3.05) is 13.2 Å². The van der Waals surface area contributed by atoms with Crippen LogP contribution in [0.25, 0.3) is 0 Å². The van der Waals surface area contributed by atoms with E-state index in [0.29, 0.717) is 6.42 Å². The van der Waals surface area contributed by atoms with Crippen molar-refractivity contribution < 1.29 is 10.2 Å². The molecule has 0 fully saturated rings. The third-order valence-corrected chi connectivity index (χ3v) is 1.74. The maximum absolute atomic E-state index is 9.14. The summed E-state index contributed by atoms with van der Waals surface area (Å²) in [6.07, 6.45) is 2.14. The number of hydrogen-bond acceptors (Lipinski definition) is 3. The van der Waals surface area contributed by atoms with Crippen molar-refractivity contribution in [1.29, 1.82) is 0 Å². The number of nitrogens with one attached hydrogen (secondary N) is 1. The Morgan fingerprint density at radius 3 is 2.42 bits per heavy atom. The van der Waals surface area contributed by atoms with Crippen LogP contribution in [0.15, 0.2) is 0 Å². The Kier molecular flexibility index (Phi) is 7.45. The van der Waals surface area contributed by atoms with Crippen LogP contribution in [0.3, 0.4) is 0 Å². The molecule has 0 aromatic rings. The molecule has 0 aromatic heterocycles. The minimum atomic E-state index is -0.540. The molecule has 0 radical (unpaired) electrons. The molecule has 0 amide bonds. The van der Waals surface area contributed by atoms with Gasteiger partial charge in [0.25, 0.3) is 0 Å². The second kappa shape index (κ2) is 7.53. The fourth-order valence-corrected chi connectivity index (χ4v) is 1.00. The lowest BCUT2D eigenvalue weighted by Gasteiger charge is -2.11. The molecule has 0 saturated carbocycles. The van der Waals surface area contributed by atoms with Crippen LogP contribution in [-0.2, 0) is 0 Å². The van der Waals surface area contributed by atoms with Crippen LogP contribution < -0.4 is 5.32 Å². The van der Waals surface area contributed by atoms with Crippen LogP contribution in [0.2, 0.25) is 0 Å². The van der Waals surface area contributed by atoms with E-state index in [1.165, 1.54) is 6.42 Å². The zero-order chi connectivity index (χ0) is 9.40. The summed E-state index contributed by atoms with van der Waals surface area (Å²) < 4.78 is 0. The lowest BCUT2D eigenvalue weighted by atomic mass is 10.1. The highest BCUT2D eigenvalue weighted by Gasteiger charge is 2.00. The zero-order valence-corrected chi connectivity index (χ0v) is 8.08. The molecule has 12 heavy (non-hydrogen) atoms. The van der Waals surface area contributed by atoms with E-state index in [1.807, 2.05) is 0 Å². The Morgan fingerprint density at radius 1 is 1.25 bits per heavy atom. The molecule has 0 spiro atoms. The van der Waals surface area contributed by atoms with Crippen molar-refractivity contribution in [3.63, 3.8) is 0 Å². The molecule has 0 aliphatic heterocycles. The van der Waals surface area contributed by atoms with Crippen LogP contribution in [0.1, 0.15) is 33.1 Å². The van der Waals surface area contributed by atoms with Gasteiger partial charge in [-0.05, 0) is 25.3 Å². The van der Waals surface area contributed by atoms with E-state index in [9.17, 15) is 0 Å². The molecule has 0 aromatic carbocycles. The first-order valence-electron chi connectivity index (χ1n) is 4.69. The van der Waals surface area contributed by atoms with E-state index in [0.717, 1.165) is 18.9 Å². The van der Waals surface area contributed by atoms with Gasteiger partial charge in [0.15, 0.2) is 0 Å². The third-order valence-electron chi connectivity index (χ3n) is 1.74.